The molecule has 31 heavy (non-hydrogen) atoms. The maximum absolute atomic E-state index is 13.3. The molecule has 4 aliphatic carbocycles. The van der Waals surface area contributed by atoms with Crippen molar-refractivity contribution >= 4 is 17.4 Å². The normalized spacial score (nSPS) is 39.1. The summed E-state index contributed by atoms with van der Waals surface area (Å²) in [5.41, 5.74) is 2.54. The van der Waals surface area contributed by atoms with Gasteiger partial charge in [0, 0.05) is 18.0 Å². The van der Waals surface area contributed by atoms with E-state index in [9.17, 15) is 9.59 Å². The van der Waals surface area contributed by atoms with Gasteiger partial charge in [0.25, 0.3) is 0 Å². The summed E-state index contributed by atoms with van der Waals surface area (Å²) >= 11 is 0. The van der Waals surface area contributed by atoms with E-state index in [0.717, 1.165) is 43.5 Å². The molecule has 3 fully saturated rings. The van der Waals surface area contributed by atoms with Crippen LogP contribution in [-0.4, -0.2) is 18.8 Å². The predicted octanol–water partition coefficient (Wildman–Crippen LogP) is 5.78. The first-order valence-electron chi connectivity index (χ1n) is 12.0. The number of ether oxygens (including phenoxy) is 1. The fourth-order valence-electron chi connectivity index (χ4n) is 7.89. The van der Waals surface area contributed by atoms with E-state index in [4.69, 9.17) is 4.74 Å². The van der Waals surface area contributed by atoms with Crippen molar-refractivity contribution in [2.45, 2.75) is 65.2 Å². The lowest BCUT2D eigenvalue weighted by Crippen LogP contribution is -2.51. The Labute approximate surface area is 185 Å². The van der Waals surface area contributed by atoms with Crippen LogP contribution in [0, 0.1) is 34.5 Å². The number of ketones is 1. The van der Waals surface area contributed by atoms with E-state index in [1.165, 1.54) is 18.4 Å². The second-order valence-corrected chi connectivity index (χ2v) is 10.9. The van der Waals surface area contributed by atoms with E-state index >= 15 is 0 Å². The van der Waals surface area contributed by atoms with Crippen molar-refractivity contribution in [1.29, 1.82) is 0 Å². The van der Waals surface area contributed by atoms with Crippen molar-refractivity contribution in [2.75, 3.05) is 12.4 Å². The highest BCUT2D eigenvalue weighted by Gasteiger charge is 2.60. The van der Waals surface area contributed by atoms with Crippen LogP contribution in [0.15, 0.2) is 35.9 Å². The molecule has 166 valence electrons. The van der Waals surface area contributed by atoms with Crippen molar-refractivity contribution in [3.8, 4) is 5.75 Å². The Hall–Kier alpha value is -2.10. The Morgan fingerprint density at radius 3 is 2.52 bits per heavy atom. The van der Waals surface area contributed by atoms with Gasteiger partial charge in [0.05, 0.1) is 7.11 Å². The van der Waals surface area contributed by atoms with Crippen LogP contribution in [0.5, 0.6) is 5.75 Å². The molecule has 1 amide bonds. The minimum Gasteiger partial charge on any atom is -0.497 e. The van der Waals surface area contributed by atoms with Gasteiger partial charge in [-0.1, -0.05) is 19.4 Å². The number of allylic oxidation sites excluding steroid dienone is 1. The van der Waals surface area contributed by atoms with E-state index in [0.29, 0.717) is 30.0 Å². The Morgan fingerprint density at radius 1 is 1.00 bits per heavy atom. The molecule has 5 rings (SSSR count). The van der Waals surface area contributed by atoms with Gasteiger partial charge in [0.1, 0.15) is 5.75 Å². The first-order valence-corrected chi connectivity index (χ1v) is 12.0. The lowest BCUT2D eigenvalue weighted by Gasteiger charge is -2.58. The topological polar surface area (TPSA) is 55.4 Å². The minimum absolute atomic E-state index is 0.0817. The molecule has 0 aliphatic heterocycles. The molecule has 0 radical (unpaired) electrons. The second kappa shape index (κ2) is 7.50. The van der Waals surface area contributed by atoms with Crippen LogP contribution >= 0.6 is 0 Å². The number of amides is 1. The first-order chi connectivity index (χ1) is 14.8. The molecule has 4 aliphatic rings. The fraction of sp³-hybridized carbons (Fsp3) is 0.630. The summed E-state index contributed by atoms with van der Waals surface area (Å²) < 4.78 is 5.23. The van der Waals surface area contributed by atoms with Crippen molar-refractivity contribution in [1.82, 2.24) is 0 Å². The van der Waals surface area contributed by atoms with Crippen molar-refractivity contribution in [3.63, 3.8) is 0 Å². The predicted molar refractivity (Wildman–Crippen MR) is 122 cm³/mol. The van der Waals surface area contributed by atoms with E-state index in [2.05, 4.69) is 19.2 Å². The van der Waals surface area contributed by atoms with Gasteiger partial charge in [0.2, 0.25) is 5.91 Å². The van der Waals surface area contributed by atoms with Gasteiger partial charge < -0.3 is 10.1 Å². The van der Waals surface area contributed by atoms with Crippen LogP contribution in [0.3, 0.4) is 0 Å². The lowest BCUT2D eigenvalue weighted by molar-refractivity contribution is -0.127. The average molecular weight is 422 g/mol. The number of carbonyl (C=O) groups excluding carboxylic acids is 2. The Morgan fingerprint density at radius 2 is 1.77 bits per heavy atom. The summed E-state index contributed by atoms with van der Waals surface area (Å²) in [5.74, 6) is 3.36. The number of carbonyl (C=O) groups is 2. The molecule has 1 aromatic rings. The Kier molecular flexibility index (Phi) is 5.02. The van der Waals surface area contributed by atoms with Gasteiger partial charge >= 0.3 is 0 Å². The molecule has 0 bridgehead atoms. The standard InChI is InChI=1S/C27H35NO3/c1-26-14-12-19(29)16-17(26)4-9-21-22-10-11-24(27(22,2)15-13-23(21)26)25(30)28-18-5-7-20(31-3)8-6-18/h5-8,16,21-24H,4,9-15H2,1-3H3,(H,28,30)/t21?,22?,23?,24-,26+,27+/m1/s1. The molecule has 1 N–H and O–H groups in total. The molecule has 0 spiro atoms. The molecule has 3 saturated carbocycles. The first kappa shape index (κ1) is 20.8. The molecule has 0 heterocycles. The van der Waals surface area contributed by atoms with Gasteiger partial charge in [-0.25, -0.2) is 0 Å². The quantitative estimate of drug-likeness (QED) is 0.673. The monoisotopic (exact) mass is 421 g/mol. The number of hydrogen-bond donors (Lipinski definition) is 1. The van der Waals surface area contributed by atoms with Crippen molar-refractivity contribution in [3.05, 3.63) is 35.9 Å². The molecule has 4 nitrogen and oxygen atoms in total. The molecule has 1 aromatic carbocycles. The SMILES string of the molecule is COc1ccc(NC(=O)[C@H]2CCC3C4CCC5=CC(=O)CC[C@]5(C)C4CC[C@@]32C)cc1. The number of anilines is 1. The highest BCUT2D eigenvalue weighted by atomic mass is 16.5. The molecule has 0 aromatic heterocycles. The van der Waals surface area contributed by atoms with E-state index in [1.54, 1.807) is 7.11 Å². The zero-order chi connectivity index (χ0) is 21.8. The third kappa shape index (κ3) is 3.25. The van der Waals surface area contributed by atoms with Gasteiger partial charge in [-0.15, -0.1) is 0 Å². The second-order valence-electron chi connectivity index (χ2n) is 10.9. The number of fused-ring (bicyclic) bond motifs is 5. The van der Waals surface area contributed by atoms with E-state index in [-0.39, 0.29) is 22.7 Å². The highest BCUT2D eigenvalue weighted by Crippen LogP contribution is 2.66. The average Bonchev–Trinajstić information content (AvgIpc) is 3.12. The summed E-state index contributed by atoms with van der Waals surface area (Å²) in [4.78, 5) is 25.4. The number of rotatable bonds is 3. The molecule has 4 heteroatoms. The third-order valence-corrected chi connectivity index (χ3v) is 9.64. The highest BCUT2D eigenvalue weighted by molar-refractivity contribution is 5.93. The van der Waals surface area contributed by atoms with Crippen LogP contribution in [0.25, 0.3) is 0 Å². The van der Waals surface area contributed by atoms with Crippen molar-refractivity contribution in [2.24, 2.45) is 34.5 Å². The Balaban J connectivity index is 1.34. The third-order valence-electron chi connectivity index (χ3n) is 9.64. The summed E-state index contributed by atoms with van der Waals surface area (Å²) in [6.07, 6.45) is 10.4. The maximum atomic E-state index is 13.3. The summed E-state index contributed by atoms with van der Waals surface area (Å²) in [6, 6.07) is 7.62. The maximum Gasteiger partial charge on any atom is 0.228 e. The minimum atomic E-state index is 0.0817. The zero-order valence-corrected chi connectivity index (χ0v) is 19.1. The molecule has 0 saturated heterocycles. The van der Waals surface area contributed by atoms with Crippen molar-refractivity contribution < 1.29 is 14.3 Å². The lowest BCUT2D eigenvalue weighted by atomic mass is 9.47. The molecule has 6 atom stereocenters. The van der Waals surface area contributed by atoms with Gasteiger partial charge in [-0.05, 0) is 104 Å². The zero-order valence-electron chi connectivity index (χ0n) is 19.1. The molecule has 3 unspecified atom stereocenters. The number of nitrogens with one attached hydrogen (secondary N) is 1. The number of methoxy groups -OCH3 is 1. The largest absolute Gasteiger partial charge is 0.497 e. The van der Waals surface area contributed by atoms with Crippen LogP contribution in [0.2, 0.25) is 0 Å². The Bertz CT molecular complexity index is 919. The van der Waals surface area contributed by atoms with E-state index < -0.39 is 0 Å². The molecular formula is C27H35NO3. The van der Waals surface area contributed by atoms with Gasteiger partial charge in [-0.2, -0.15) is 0 Å². The summed E-state index contributed by atoms with van der Waals surface area (Å²) in [7, 11) is 1.65. The van der Waals surface area contributed by atoms with Gasteiger partial charge in [-0.3, -0.25) is 9.59 Å². The number of hydrogen-bond acceptors (Lipinski definition) is 3. The van der Waals surface area contributed by atoms with Crippen LogP contribution in [-0.2, 0) is 9.59 Å². The summed E-state index contributed by atoms with van der Waals surface area (Å²) in [5, 5.41) is 3.18. The number of benzene rings is 1. The van der Waals surface area contributed by atoms with Crippen LogP contribution in [0.4, 0.5) is 5.69 Å². The van der Waals surface area contributed by atoms with Gasteiger partial charge in [0.15, 0.2) is 5.78 Å². The van der Waals surface area contributed by atoms with Crippen LogP contribution < -0.4 is 10.1 Å². The van der Waals surface area contributed by atoms with E-state index in [1.807, 2.05) is 30.3 Å². The fourth-order valence-corrected chi connectivity index (χ4v) is 7.89. The van der Waals surface area contributed by atoms with Crippen LogP contribution in [0.1, 0.15) is 65.2 Å². The summed E-state index contributed by atoms with van der Waals surface area (Å²) in [6.45, 7) is 4.81. The smallest absolute Gasteiger partial charge is 0.228 e. The molecular weight excluding hydrogens is 386 g/mol.